The van der Waals surface area contributed by atoms with Gasteiger partial charge in [0, 0.05) is 36.2 Å². The van der Waals surface area contributed by atoms with Gasteiger partial charge in [0.25, 0.3) is 0 Å². The first-order valence-electron chi connectivity index (χ1n) is 9.66. The minimum Gasteiger partial charge on any atom is -0.497 e. The lowest BCUT2D eigenvalue weighted by Gasteiger charge is -2.38. The van der Waals surface area contributed by atoms with Crippen LogP contribution in [0.25, 0.3) is 0 Å². The van der Waals surface area contributed by atoms with Crippen LogP contribution >= 0.6 is 0 Å². The maximum atomic E-state index is 12.7. The van der Waals surface area contributed by atoms with Gasteiger partial charge in [0.05, 0.1) is 7.11 Å². The molecule has 0 radical (unpaired) electrons. The van der Waals surface area contributed by atoms with Gasteiger partial charge in [-0.05, 0) is 48.7 Å². The Morgan fingerprint density at radius 3 is 2.68 bits per heavy atom. The first-order chi connectivity index (χ1) is 13.3. The Kier molecular flexibility index (Phi) is 5.73. The van der Waals surface area contributed by atoms with Gasteiger partial charge in [-0.1, -0.05) is 32.0 Å². The Morgan fingerprint density at radius 2 is 1.96 bits per heavy atom. The number of ether oxygens (including phenoxy) is 1. The van der Waals surface area contributed by atoms with Crippen molar-refractivity contribution in [3.05, 3.63) is 53.6 Å². The Morgan fingerprint density at radius 1 is 1.21 bits per heavy atom. The van der Waals surface area contributed by atoms with Crippen LogP contribution in [0.4, 0.5) is 11.4 Å². The minimum absolute atomic E-state index is 0.0497. The predicted molar refractivity (Wildman–Crippen MR) is 112 cm³/mol. The number of anilines is 2. The maximum absolute atomic E-state index is 12.7. The number of hydrogen-bond acceptors (Lipinski definition) is 3. The molecule has 0 fully saturated rings. The molecule has 1 N–H and O–H groups in total. The van der Waals surface area contributed by atoms with Crippen LogP contribution < -0.4 is 15.0 Å². The third-order valence-electron chi connectivity index (χ3n) is 5.31. The van der Waals surface area contributed by atoms with E-state index in [-0.39, 0.29) is 17.2 Å². The predicted octanol–water partition coefficient (Wildman–Crippen LogP) is 4.44. The van der Waals surface area contributed by atoms with Gasteiger partial charge in [-0.25, -0.2) is 0 Å². The molecule has 0 atom stereocenters. The molecule has 0 saturated heterocycles. The maximum Gasteiger partial charge on any atom is 0.227 e. The van der Waals surface area contributed by atoms with Crippen molar-refractivity contribution in [2.75, 3.05) is 23.9 Å². The van der Waals surface area contributed by atoms with Crippen LogP contribution in [0.15, 0.2) is 42.5 Å². The summed E-state index contributed by atoms with van der Waals surface area (Å²) in [6.45, 7) is 6.68. The zero-order valence-electron chi connectivity index (χ0n) is 17.0. The Hall–Kier alpha value is -2.82. The van der Waals surface area contributed by atoms with Gasteiger partial charge in [0.2, 0.25) is 11.8 Å². The molecular formula is C23H28N2O3. The van der Waals surface area contributed by atoms with Gasteiger partial charge in [-0.2, -0.15) is 0 Å². The summed E-state index contributed by atoms with van der Waals surface area (Å²) in [5.41, 5.74) is 3.73. The summed E-state index contributed by atoms with van der Waals surface area (Å²) >= 11 is 0. The molecule has 1 heterocycles. The molecule has 1 aliphatic rings. The number of methoxy groups -OCH3 is 1. The van der Waals surface area contributed by atoms with Gasteiger partial charge < -0.3 is 15.0 Å². The second kappa shape index (κ2) is 8.05. The SMILES string of the molecule is COc1ccc(NC(=O)CCCN2C(=O)CC(C)(C)c3ccccc32)c(C)c1. The highest BCUT2D eigenvalue weighted by atomic mass is 16.5. The van der Waals surface area contributed by atoms with Crippen molar-refractivity contribution in [1.29, 1.82) is 0 Å². The standard InChI is InChI=1S/C23H28N2O3/c1-16-14-17(28-4)11-12-19(16)24-21(26)10-7-13-25-20-9-6-5-8-18(20)23(2,3)15-22(25)27/h5-6,8-9,11-12,14H,7,10,13,15H2,1-4H3,(H,24,26). The second-order valence-corrected chi connectivity index (χ2v) is 7.96. The fourth-order valence-corrected chi connectivity index (χ4v) is 3.74. The van der Waals surface area contributed by atoms with Gasteiger partial charge in [-0.3, -0.25) is 9.59 Å². The quantitative estimate of drug-likeness (QED) is 0.806. The minimum atomic E-state index is -0.159. The van der Waals surface area contributed by atoms with E-state index in [1.54, 1.807) is 7.11 Å². The number of aryl methyl sites for hydroxylation is 1. The lowest BCUT2D eigenvalue weighted by atomic mass is 9.77. The molecule has 28 heavy (non-hydrogen) atoms. The van der Waals surface area contributed by atoms with Crippen molar-refractivity contribution in [3.63, 3.8) is 0 Å². The third kappa shape index (κ3) is 4.19. The molecule has 0 aliphatic carbocycles. The summed E-state index contributed by atoms with van der Waals surface area (Å²) in [7, 11) is 1.62. The van der Waals surface area contributed by atoms with Crippen molar-refractivity contribution < 1.29 is 14.3 Å². The smallest absolute Gasteiger partial charge is 0.227 e. The van der Waals surface area contributed by atoms with Crippen molar-refractivity contribution in [3.8, 4) is 5.75 Å². The van der Waals surface area contributed by atoms with Crippen LogP contribution in [0.2, 0.25) is 0 Å². The topological polar surface area (TPSA) is 58.6 Å². The zero-order chi connectivity index (χ0) is 20.3. The van der Waals surface area contributed by atoms with E-state index >= 15 is 0 Å². The second-order valence-electron chi connectivity index (χ2n) is 7.96. The van der Waals surface area contributed by atoms with Crippen LogP contribution in [-0.2, 0) is 15.0 Å². The summed E-state index contributed by atoms with van der Waals surface area (Å²) in [6.07, 6.45) is 1.46. The third-order valence-corrected chi connectivity index (χ3v) is 5.31. The van der Waals surface area contributed by atoms with E-state index in [4.69, 9.17) is 4.74 Å². The number of hydrogen-bond donors (Lipinski definition) is 1. The number of fused-ring (bicyclic) bond motifs is 1. The van der Waals surface area contributed by atoms with Crippen LogP contribution in [0, 0.1) is 6.92 Å². The van der Waals surface area contributed by atoms with E-state index in [1.807, 2.05) is 48.2 Å². The van der Waals surface area contributed by atoms with Crippen molar-refractivity contribution in [2.45, 2.75) is 45.4 Å². The molecule has 5 heteroatoms. The molecule has 0 bridgehead atoms. The Balaban J connectivity index is 1.60. The van der Waals surface area contributed by atoms with Crippen LogP contribution in [0.3, 0.4) is 0 Å². The molecule has 5 nitrogen and oxygen atoms in total. The molecule has 2 amide bonds. The molecular weight excluding hydrogens is 352 g/mol. The highest BCUT2D eigenvalue weighted by Gasteiger charge is 2.35. The first kappa shape index (κ1) is 19.9. The lowest BCUT2D eigenvalue weighted by Crippen LogP contribution is -2.42. The van der Waals surface area contributed by atoms with Crippen LogP contribution in [0.1, 0.15) is 44.2 Å². The van der Waals surface area contributed by atoms with Gasteiger partial charge in [0.15, 0.2) is 0 Å². The number of nitrogens with one attached hydrogen (secondary N) is 1. The van der Waals surface area contributed by atoms with E-state index in [2.05, 4.69) is 25.2 Å². The molecule has 2 aromatic carbocycles. The summed E-state index contributed by atoms with van der Waals surface area (Å²) in [5.74, 6) is 0.835. The van der Waals surface area contributed by atoms with Crippen LogP contribution in [0.5, 0.6) is 5.75 Å². The average molecular weight is 380 g/mol. The van der Waals surface area contributed by atoms with E-state index in [0.29, 0.717) is 25.8 Å². The summed E-state index contributed by atoms with van der Waals surface area (Å²) in [4.78, 5) is 26.8. The fraction of sp³-hybridized carbons (Fsp3) is 0.391. The molecule has 0 unspecified atom stereocenters. The molecule has 148 valence electrons. The number of rotatable bonds is 6. The Bertz CT molecular complexity index is 889. The lowest BCUT2D eigenvalue weighted by molar-refractivity contribution is -0.120. The van der Waals surface area contributed by atoms with Crippen molar-refractivity contribution in [2.24, 2.45) is 0 Å². The summed E-state index contributed by atoms with van der Waals surface area (Å²) in [6, 6.07) is 13.6. The first-order valence-corrected chi connectivity index (χ1v) is 9.66. The van der Waals surface area contributed by atoms with Gasteiger partial charge in [-0.15, -0.1) is 0 Å². The van der Waals surface area contributed by atoms with Gasteiger partial charge in [0.1, 0.15) is 5.75 Å². The monoisotopic (exact) mass is 380 g/mol. The van der Waals surface area contributed by atoms with E-state index in [9.17, 15) is 9.59 Å². The molecule has 0 saturated carbocycles. The zero-order valence-corrected chi connectivity index (χ0v) is 17.0. The molecule has 1 aliphatic heterocycles. The summed E-state index contributed by atoms with van der Waals surface area (Å²) in [5, 5.41) is 2.94. The largest absolute Gasteiger partial charge is 0.497 e. The number of amides is 2. The van der Waals surface area contributed by atoms with Gasteiger partial charge >= 0.3 is 0 Å². The van der Waals surface area contributed by atoms with E-state index in [1.165, 1.54) is 5.56 Å². The molecule has 0 aromatic heterocycles. The normalized spacial score (nSPS) is 15.1. The fourth-order valence-electron chi connectivity index (χ4n) is 3.74. The molecule has 2 aromatic rings. The Labute approximate surface area is 166 Å². The van der Waals surface area contributed by atoms with E-state index in [0.717, 1.165) is 22.7 Å². The van der Waals surface area contributed by atoms with Crippen molar-refractivity contribution in [1.82, 2.24) is 0 Å². The number of carbonyl (C=O) groups is 2. The molecule has 0 spiro atoms. The van der Waals surface area contributed by atoms with E-state index < -0.39 is 0 Å². The van der Waals surface area contributed by atoms with Crippen molar-refractivity contribution >= 4 is 23.2 Å². The number of benzene rings is 2. The highest BCUT2D eigenvalue weighted by molar-refractivity contribution is 5.98. The number of para-hydroxylation sites is 1. The summed E-state index contributed by atoms with van der Waals surface area (Å²) < 4.78 is 5.19. The highest BCUT2D eigenvalue weighted by Crippen LogP contribution is 2.40. The average Bonchev–Trinajstić information content (AvgIpc) is 2.65. The molecule has 3 rings (SSSR count). The number of carbonyl (C=O) groups excluding carboxylic acids is 2. The van der Waals surface area contributed by atoms with Crippen LogP contribution in [-0.4, -0.2) is 25.5 Å². The number of nitrogens with zero attached hydrogens (tertiary/aromatic N) is 1.